The number of hydrogen-bond donors (Lipinski definition) is 1. The Morgan fingerprint density at radius 3 is 2.93 bits per heavy atom. The molecule has 0 fully saturated rings. The van der Waals surface area contributed by atoms with Crippen LogP contribution in [0.3, 0.4) is 0 Å². The molecule has 1 N–H and O–H groups in total. The molecule has 0 spiro atoms. The van der Waals surface area contributed by atoms with E-state index in [0.717, 1.165) is 24.6 Å². The van der Waals surface area contributed by atoms with Gasteiger partial charge in [-0.15, -0.1) is 11.3 Å². The molecule has 0 saturated heterocycles. The molecule has 0 saturated carbocycles. The van der Waals surface area contributed by atoms with E-state index in [1.165, 1.54) is 23.5 Å². The lowest BCUT2D eigenvalue weighted by Crippen LogP contribution is -2.25. The van der Waals surface area contributed by atoms with Crippen LogP contribution >= 0.6 is 11.3 Å². The van der Waals surface area contributed by atoms with Crippen molar-refractivity contribution in [3.63, 3.8) is 0 Å². The summed E-state index contributed by atoms with van der Waals surface area (Å²) in [6.07, 6.45) is 2.28. The summed E-state index contributed by atoms with van der Waals surface area (Å²) in [7, 11) is 1.94. The summed E-state index contributed by atoms with van der Waals surface area (Å²) in [4.78, 5) is 8.55. The van der Waals surface area contributed by atoms with Gasteiger partial charge in [0, 0.05) is 31.4 Å². The van der Waals surface area contributed by atoms with Crippen LogP contribution < -0.4 is 5.32 Å². The van der Waals surface area contributed by atoms with Crippen LogP contribution in [0.15, 0.2) is 0 Å². The Hall–Kier alpha value is -0.610. The highest BCUT2D eigenvalue weighted by Crippen LogP contribution is 2.25. The maximum absolute atomic E-state index is 4.58. The van der Waals surface area contributed by atoms with Crippen molar-refractivity contribution >= 4 is 16.5 Å². The Balaban J connectivity index is 2.13. The van der Waals surface area contributed by atoms with Crippen LogP contribution in [0.2, 0.25) is 0 Å². The average Bonchev–Trinajstić information content (AvgIpc) is 2.52. The van der Waals surface area contributed by atoms with Gasteiger partial charge in [0.1, 0.15) is 0 Å². The Kier molecular flexibility index (Phi) is 3.03. The molecule has 1 aromatic rings. The summed E-state index contributed by atoms with van der Waals surface area (Å²) in [5.74, 6) is 0. The number of rotatable bonds is 2. The lowest BCUT2D eigenvalue weighted by molar-refractivity contribution is 0.303. The van der Waals surface area contributed by atoms with E-state index >= 15 is 0 Å². The van der Waals surface area contributed by atoms with Crippen LogP contribution in [0.25, 0.3) is 0 Å². The van der Waals surface area contributed by atoms with Crippen LogP contribution in [0.5, 0.6) is 0 Å². The van der Waals surface area contributed by atoms with Gasteiger partial charge in [-0.25, -0.2) is 4.98 Å². The number of anilines is 1. The van der Waals surface area contributed by atoms with E-state index in [0.29, 0.717) is 0 Å². The summed E-state index contributed by atoms with van der Waals surface area (Å²) < 4.78 is 0. The second-order valence-electron chi connectivity index (χ2n) is 3.57. The fourth-order valence-corrected chi connectivity index (χ4v) is 2.78. The number of aromatic nitrogens is 1. The van der Waals surface area contributed by atoms with E-state index in [1.54, 1.807) is 0 Å². The molecule has 0 aromatic carbocycles. The van der Waals surface area contributed by atoms with E-state index in [1.807, 2.05) is 18.4 Å². The molecule has 0 amide bonds. The third-order valence-corrected chi connectivity index (χ3v) is 3.93. The first-order valence-corrected chi connectivity index (χ1v) is 6.03. The average molecular weight is 211 g/mol. The monoisotopic (exact) mass is 211 g/mol. The number of likely N-dealkylation sites (N-methyl/N-ethyl adjacent to an activating group) is 1. The number of thiazole rings is 1. The molecule has 0 aliphatic carbocycles. The van der Waals surface area contributed by atoms with Crippen LogP contribution in [0.1, 0.15) is 17.5 Å². The Bertz CT molecular complexity index is 283. The second kappa shape index (κ2) is 4.28. The molecule has 0 atom stereocenters. The van der Waals surface area contributed by atoms with Gasteiger partial charge in [-0.1, -0.05) is 6.92 Å². The van der Waals surface area contributed by atoms with Crippen molar-refractivity contribution in [3.05, 3.63) is 10.6 Å². The van der Waals surface area contributed by atoms with Crippen molar-refractivity contribution in [3.8, 4) is 0 Å². The van der Waals surface area contributed by atoms with Gasteiger partial charge in [0.2, 0.25) is 0 Å². The minimum Gasteiger partial charge on any atom is -0.365 e. The summed E-state index contributed by atoms with van der Waals surface area (Å²) >= 11 is 1.81. The van der Waals surface area contributed by atoms with Crippen molar-refractivity contribution in [2.75, 3.05) is 32.0 Å². The van der Waals surface area contributed by atoms with Gasteiger partial charge in [0.05, 0.1) is 5.69 Å². The second-order valence-corrected chi connectivity index (χ2v) is 4.66. The molecule has 2 heterocycles. The first kappa shape index (κ1) is 9.93. The molecular weight excluding hydrogens is 194 g/mol. The fraction of sp³-hybridized carbons (Fsp3) is 0.700. The first-order valence-electron chi connectivity index (χ1n) is 5.22. The molecular formula is C10H17N3S. The van der Waals surface area contributed by atoms with E-state index < -0.39 is 0 Å². The minimum atomic E-state index is 1.07. The van der Waals surface area contributed by atoms with E-state index in [-0.39, 0.29) is 0 Å². The Labute approximate surface area is 89.1 Å². The Morgan fingerprint density at radius 2 is 2.21 bits per heavy atom. The normalized spacial score (nSPS) is 17.6. The zero-order valence-corrected chi connectivity index (χ0v) is 9.65. The number of fused-ring (bicyclic) bond motifs is 1. The highest BCUT2D eigenvalue weighted by molar-refractivity contribution is 7.15. The number of hydrogen-bond acceptors (Lipinski definition) is 4. The highest BCUT2D eigenvalue weighted by atomic mass is 32.1. The maximum Gasteiger partial charge on any atom is 0.182 e. The van der Waals surface area contributed by atoms with Crippen LogP contribution in [0.4, 0.5) is 5.13 Å². The van der Waals surface area contributed by atoms with Crippen molar-refractivity contribution in [2.24, 2.45) is 0 Å². The SMILES string of the molecule is CCN1CCc2nc(NC)sc2CC1. The predicted octanol–water partition coefficient (Wildman–Crippen LogP) is 1.61. The zero-order chi connectivity index (χ0) is 9.97. The standard InChI is InChI=1S/C10H17N3S/c1-3-13-6-4-8-9(5-7-13)14-10(11-2)12-8/h3-7H2,1-2H3,(H,11,12). The van der Waals surface area contributed by atoms with Gasteiger partial charge in [-0.05, 0) is 13.0 Å². The van der Waals surface area contributed by atoms with Gasteiger partial charge >= 0.3 is 0 Å². The molecule has 14 heavy (non-hydrogen) atoms. The van der Waals surface area contributed by atoms with Gasteiger partial charge in [-0.2, -0.15) is 0 Å². The predicted molar refractivity (Wildman–Crippen MR) is 61.2 cm³/mol. The molecule has 2 rings (SSSR count). The molecule has 0 radical (unpaired) electrons. The molecule has 3 nitrogen and oxygen atoms in total. The first-order chi connectivity index (χ1) is 6.83. The molecule has 0 unspecified atom stereocenters. The summed E-state index contributed by atoms with van der Waals surface area (Å²) in [6.45, 7) is 5.74. The third-order valence-electron chi connectivity index (χ3n) is 2.76. The number of nitrogens with zero attached hydrogens (tertiary/aromatic N) is 2. The maximum atomic E-state index is 4.58. The molecule has 0 bridgehead atoms. The van der Waals surface area contributed by atoms with E-state index in [2.05, 4.69) is 22.1 Å². The Morgan fingerprint density at radius 1 is 1.43 bits per heavy atom. The quantitative estimate of drug-likeness (QED) is 0.805. The molecule has 1 aliphatic heterocycles. The van der Waals surface area contributed by atoms with Gasteiger partial charge in [0.25, 0.3) is 0 Å². The fourth-order valence-electron chi connectivity index (χ4n) is 1.83. The topological polar surface area (TPSA) is 28.2 Å². The van der Waals surface area contributed by atoms with Crippen LogP contribution in [-0.2, 0) is 12.8 Å². The van der Waals surface area contributed by atoms with Crippen LogP contribution in [0, 0.1) is 0 Å². The summed E-state index contributed by atoms with van der Waals surface area (Å²) in [6, 6.07) is 0. The minimum absolute atomic E-state index is 1.07. The van der Waals surface area contributed by atoms with Gasteiger partial charge in [0.15, 0.2) is 5.13 Å². The van der Waals surface area contributed by atoms with E-state index in [4.69, 9.17) is 0 Å². The van der Waals surface area contributed by atoms with Crippen LogP contribution in [-0.4, -0.2) is 36.6 Å². The molecule has 4 heteroatoms. The molecule has 1 aliphatic rings. The highest BCUT2D eigenvalue weighted by Gasteiger charge is 2.16. The van der Waals surface area contributed by atoms with Gasteiger partial charge in [-0.3, -0.25) is 0 Å². The third kappa shape index (κ3) is 1.91. The van der Waals surface area contributed by atoms with Crippen molar-refractivity contribution in [1.82, 2.24) is 9.88 Å². The molecule has 1 aromatic heterocycles. The lowest BCUT2D eigenvalue weighted by Gasteiger charge is -2.16. The largest absolute Gasteiger partial charge is 0.365 e. The summed E-state index contributed by atoms with van der Waals surface area (Å²) in [5.41, 5.74) is 1.32. The van der Waals surface area contributed by atoms with Crippen molar-refractivity contribution < 1.29 is 0 Å². The summed E-state index contributed by atoms with van der Waals surface area (Å²) in [5, 5.41) is 4.19. The lowest BCUT2D eigenvalue weighted by atomic mass is 10.2. The van der Waals surface area contributed by atoms with E-state index in [9.17, 15) is 0 Å². The van der Waals surface area contributed by atoms with Crippen molar-refractivity contribution in [2.45, 2.75) is 19.8 Å². The number of nitrogens with one attached hydrogen (secondary N) is 1. The zero-order valence-electron chi connectivity index (χ0n) is 8.84. The van der Waals surface area contributed by atoms with Gasteiger partial charge < -0.3 is 10.2 Å². The van der Waals surface area contributed by atoms with Crippen molar-refractivity contribution in [1.29, 1.82) is 0 Å². The smallest absolute Gasteiger partial charge is 0.182 e. The molecule has 78 valence electrons.